The third-order valence-corrected chi connectivity index (χ3v) is 5.50. The lowest BCUT2D eigenvalue weighted by molar-refractivity contribution is 0.0967. The molecule has 1 aliphatic carbocycles. The minimum Gasteiger partial charge on any atom is -0.365 e. The van der Waals surface area contributed by atoms with Gasteiger partial charge in [-0.25, -0.2) is 4.98 Å². The maximum Gasteiger partial charge on any atom is 0.260 e. The number of piperidine rings is 1. The molecule has 2 heterocycles. The summed E-state index contributed by atoms with van der Waals surface area (Å²) in [5.74, 6) is -0.355. The number of hydrogen-bond acceptors (Lipinski definition) is 4. The van der Waals surface area contributed by atoms with Crippen molar-refractivity contribution >= 4 is 17.2 Å². The Morgan fingerprint density at radius 1 is 1.26 bits per heavy atom. The predicted octanol–water partition coefficient (Wildman–Crippen LogP) is 2.71. The zero-order valence-electron chi connectivity index (χ0n) is 11.2. The first-order valence-corrected chi connectivity index (χ1v) is 8.08. The molecule has 0 spiro atoms. The Morgan fingerprint density at radius 2 is 2.00 bits per heavy atom. The molecule has 104 valence electrons. The van der Waals surface area contributed by atoms with Gasteiger partial charge < -0.3 is 5.73 Å². The van der Waals surface area contributed by atoms with Crippen molar-refractivity contribution in [1.82, 2.24) is 9.88 Å². The lowest BCUT2D eigenvalue weighted by Crippen LogP contribution is -2.40. The molecule has 1 atom stereocenters. The van der Waals surface area contributed by atoms with Crippen LogP contribution in [0.4, 0.5) is 0 Å². The molecule has 2 N–H and O–H groups in total. The molecule has 1 aromatic heterocycles. The van der Waals surface area contributed by atoms with Crippen molar-refractivity contribution in [2.45, 2.75) is 57.0 Å². The summed E-state index contributed by atoms with van der Waals surface area (Å²) in [5, 5.41) is 1.08. The molecule has 5 heteroatoms. The summed E-state index contributed by atoms with van der Waals surface area (Å²) >= 11 is 1.48. The lowest BCUT2D eigenvalue weighted by atomic mass is 9.99. The first-order chi connectivity index (χ1) is 9.25. The molecule has 2 aliphatic rings. The second-order valence-electron chi connectivity index (χ2n) is 5.61. The summed E-state index contributed by atoms with van der Waals surface area (Å²) in [6.45, 7) is 1.18. The number of carbonyl (C=O) groups excluding carboxylic acids is 1. The quantitative estimate of drug-likeness (QED) is 0.925. The zero-order valence-corrected chi connectivity index (χ0v) is 12.0. The standard InChI is InChI=1S/C14H21N3OS/c15-13(18)12-9-16-14(19-12)11-7-3-4-8-17(11)10-5-1-2-6-10/h9-11H,1-8H2,(H2,15,18). The topological polar surface area (TPSA) is 59.2 Å². The summed E-state index contributed by atoms with van der Waals surface area (Å²) in [5.41, 5.74) is 5.33. The zero-order chi connectivity index (χ0) is 13.2. The van der Waals surface area contributed by atoms with Crippen LogP contribution in [-0.2, 0) is 0 Å². The maximum absolute atomic E-state index is 11.2. The summed E-state index contributed by atoms with van der Waals surface area (Å²) in [4.78, 5) is 18.9. The van der Waals surface area contributed by atoms with E-state index in [1.165, 1.54) is 62.8 Å². The summed E-state index contributed by atoms with van der Waals surface area (Å²) in [6.07, 6.45) is 10.7. The van der Waals surface area contributed by atoms with Gasteiger partial charge in [-0.2, -0.15) is 0 Å². The van der Waals surface area contributed by atoms with E-state index in [2.05, 4.69) is 9.88 Å². The van der Waals surface area contributed by atoms with Gasteiger partial charge >= 0.3 is 0 Å². The Balaban J connectivity index is 1.80. The molecular formula is C14H21N3OS. The molecule has 2 fully saturated rings. The molecule has 1 amide bonds. The van der Waals surface area contributed by atoms with E-state index in [0.717, 1.165) is 11.0 Å². The fourth-order valence-electron chi connectivity index (χ4n) is 3.45. The van der Waals surface area contributed by atoms with Gasteiger partial charge in [-0.1, -0.05) is 19.3 Å². The highest BCUT2D eigenvalue weighted by Crippen LogP contribution is 2.38. The number of thiazole rings is 1. The Morgan fingerprint density at radius 3 is 2.68 bits per heavy atom. The van der Waals surface area contributed by atoms with Crippen LogP contribution >= 0.6 is 11.3 Å². The van der Waals surface area contributed by atoms with Gasteiger partial charge in [0, 0.05) is 6.04 Å². The van der Waals surface area contributed by atoms with Gasteiger partial charge in [-0.15, -0.1) is 11.3 Å². The van der Waals surface area contributed by atoms with E-state index in [1.807, 2.05) is 0 Å². The van der Waals surface area contributed by atoms with Crippen molar-refractivity contribution in [3.63, 3.8) is 0 Å². The minimum absolute atomic E-state index is 0.355. The molecule has 1 saturated carbocycles. The van der Waals surface area contributed by atoms with E-state index in [4.69, 9.17) is 5.73 Å². The number of amides is 1. The Labute approximate surface area is 118 Å². The van der Waals surface area contributed by atoms with Gasteiger partial charge in [0.25, 0.3) is 5.91 Å². The monoisotopic (exact) mass is 279 g/mol. The highest BCUT2D eigenvalue weighted by molar-refractivity contribution is 7.13. The predicted molar refractivity (Wildman–Crippen MR) is 76.2 cm³/mol. The Bertz CT molecular complexity index is 453. The average Bonchev–Trinajstić information content (AvgIpc) is 3.10. The molecule has 0 bridgehead atoms. The molecule has 0 aromatic carbocycles. The minimum atomic E-state index is -0.355. The molecule has 1 saturated heterocycles. The van der Waals surface area contributed by atoms with Crippen LogP contribution in [0.5, 0.6) is 0 Å². The van der Waals surface area contributed by atoms with E-state index in [0.29, 0.717) is 10.9 Å². The third kappa shape index (κ3) is 2.67. The molecular weight excluding hydrogens is 258 g/mol. The second-order valence-corrected chi connectivity index (χ2v) is 6.68. The third-order valence-electron chi connectivity index (χ3n) is 4.39. The van der Waals surface area contributed by atoms with Crippen LogP contribution in [0.3, 0.4) is 0 Å². The van der Waals surface area contributed by atoms with Crippen LogP contribution in [0.2, 0.25) is 0 Å². The van der Waals surface area contributed by atoms with Gasteiger partial charge in [-0.3, -0.25) is 9.69 Å². The van der Waals surface area contributed by atoms with Gasteiger partial charge in [0.2, 0.25) is 0 Å². The van der Waals surface area contributed by atoms with Crippen molar-refractivity contribution in [1.29, 1.82) is 0 Å². The number of rotatable bonds is 3. The SMILES string of the molecule is NC(=O)c1cnc(C2CCCCN2C2CCCC2)s1. The first-order valence-electron chi connectivity index (χ1n) is 7.27. The van der Waals surface area contributed by atoms with E-state index >= 15 is 0 Å². The number of hydrogen-bond donors (Lipinski definition) is 1. The number of primary amides is 1. The van der Waals surface area contributed by atoms with Crippen molar-refractivity contribution in [3.05, 3.63) is 16.1 Å². The molecule has 1 unspecified atom stereocenters. The molecule has 0 radical (unpaired) electrons. The van der Waals surface area contributed by atoms with Crippen molar-refractivity contribution in [2.24, 2.45) is 5.73 Å². The summed E-state index contributed by atoms with van der Waals surface area (Å²) in [7, 11) is 0. The first kappa shape index (κ1) is 13.1. The number of nitrogens with two attached hydrogens (primary N) is 1. The van der Waals surface area contributed by atoms with Gasteiger partial charge in [0.1, 0.15) is 9.88 Å². The van der Waals surface area contributed by atoms with Crippen LogP contribution in [0.15, 0.2) is 6.20 Å². The smallest absolute Gasteiger partial charge is 0.260 e. The average molecular weight is 279 g/mol. The lowest BCUT2D eigenvalue weighted by Gasteiger charge is -2.38. The van der Waals surface area contributed by atoms with Gasteiger partial charge in [0.15, 0.2) is 0 Å². The molecule has 19 heavy (non-hydrogen) atoms. The maximum atomic E-state index is 11.2. The van der Waals surface area contributed by atoms with Crippen LogP contribution in [0.25, 0.3) is 0 Å². The largest absolute Gasteiger partial charge is 0.365 e. The van der Waals surface area contributed by atoms with Crippen LogP contribution < -0.4 is 5.73 Å². The van der Waals surface area contributed by atoms with Crippen LogP contribution in [0, 0.1) is 0 Å². The van der Waals surface area contributed by atoms with E-state index < -0.39 is 0 Å². The highest BCUT2D eigenvalue weighted by Gasteiger charge is 2.33. The van der Waals surface area contributed by atoms with Crippen LogP contribution in [-0.4, -0.2) is 28.4 Å². The molecule has 1 aliphatic heterocycles. The Hall–Kier alpha value is -0.940. The number of nitrogens with zero attached hydrogens (tertiary/aromatic N) is 2. The Kier molecular flexibility index (Phi) is 3.84. The van der Waals surface area contributed by atoms with E-state index in [1.54, 1.807) is 6.20 Å². The van der Waals surface area contributed by atoms with Crippen molar-refractivity contribution in [2.75, 3.05) is 6.54 Å². The van der Waals surface area contributed by atoms with E-state index in [-0.39, 0.29) is 5.91 Å². The van der Waals surface area contributed by atoms with Gasteiger partial charge in [0.05, 0.1) is 12.2 Å². The number of likely N-dealkylation sites (tertiary alicyclic amines) is 1. The van der Waals surface area contributed by atoms with Crippen LogP contribution in [0.1, 0.15) is 65.7 Å². The number of carbonyl (C=O) groups is 1. The summed E-state index contributed by atoms with van der Waals surface area (Å²) in [6, 6.07) is 1.14. The normalized spacial score (nSPS) is 25.8. The second kappa shape index (κ2) is 5.59. The molecule has 3 rings (SSSR count). The summed E-state index contributed by atoms with van der Waals surface area (Å²) < 4.78 is 0. The van der Waals surface area contributed by atoms with Crippen molar-refractivity contribution in [3.8, 4) is 0 Å². The molecule has 4 nitrogen and oxygen atoms in total. The van der Waals surface area contributed by atoms with E-state index in [9.17, 15) is 4.79 Å². The molecule has 1 aromatic rings. The van der Waals surface area contributed by atoms with Gasteiger partial charge in [-0.05, 0) is 32.2 Å². The van der Waals surface area contributed by atoms with Crippen molar-refractivity contribution < 1.29 is 4.79 Å². The number of aromatic nitrogens is 1. The fraction of sp³-hybridized carbons (Fsp3) is 0.714. The fourth-order valence-corrected chi connectivity index (χ4v) is 4.37. The highest BCUT2D eigenvalue weighted by atomic mass is 32.1.